The highest BCUT2D eigenvalue weighted by Crippen LogP contribution is 2.19. The first-order valence-electron chi connectivity index (χ1n) is 4.02. The molecule has 0 aromatic heterocycles. The van der Waals surface area contributed by atoms with Crippen molar-refractivity contribution in [3.8, 4) is 11.8 Å². The monoisotopic (exact) mass is 187 g/mol. The molecule has 0 aliphatic carbocycles. The van der Waals surface area contributed by atoms with Gasteiger partial charge in [-0.3, -0.25) is 0 Å². The summed E-state index contributed by atoms with van der Waals surface area (Å²) in [6.45, 7) is 5.09. The smallest absolute Gasteiger partial charge is 0.335 e. The van der Waals surface area contributed by atoms with Gasteiger partial charge in [0.1, 0.15) is 5.75 Å². The molecule has 0 radical (unpaired) electrons. The summed E-state index contributed by atoms with van der Waals surface area (Å²) in [5, 5.41) is 8.63. The number of esters is 1. The summed E-state index contributed by atoms with van der Waals surface area (Å²) in [5.74, 6) is -0.128. The highest BCUT2D eigenvalue weighted by molar-refractivity contribution is 5.83. The number of carbonyl (C=O) groups excluding carboxylic acids is 1. The summed E-state index contributed by atoms with van der Waals surface area (Å²) in [7, 11) is 0. The number of nitriles is 1. The Morgan fingerprint density at radius 1 is 1.64 bits per heavy atom. The average molecular weight is 187 g/mol. The van der Waals surface area contributed by atoms with Gasteiger partial charge in [0.05, 0.1) is 11.6 Å². The fraction of sp³-hybridized carbons (Fsp3) is 0.0909. The van der Waals surface area contributed by atoms with E-state index in [1.165, 1.54) is 6.07 Å². The quantitative estimate of drug-likeness (QED) is 0.404. The summed E-state index contributed by atoms with van der Waals surface area (Å²) in [5.41, 5.74) is 1.27. The van der Waals surface area contributed by atoms with Gasteiger partial charge in [0.2, 0.25) is 0 Å². The minimum absolute atomic E-state index is 0.397. The Labute approximate surface area is 82.2 Å². The summed E-state index contributed by atoms with van der Waals surface area (Å²) in [6.07, 6.45) is 1.08. The number of hydrogen-bond donors (Lipinski definition) is 0. The maximum atomic E-state index is 10.9. The molecule has 0 N–H and O–H groups in total. The molecule has 0 amide bonds. The van der Waals surface area contributed by atoms with Crippen molar-refractivity contribution in [3.05, 3.63) is 42.0 Å². The van der Waals surface area contributed by atoms with Crippen LogP contribution in [0.1, 0.15) is 11.1 Å². The molecule has 0 aliphatic rings. The fourth-order valence-electron chi connectivity index (χ4n) is 0.930. The third-order valence-corrected chi connectivity index (χ3v) is 1.69. The van der Waals surface area contributed by atoms with Gasteiger partial charge in [-0.2, -0.15) is 5.26 Å². The molecule has 0 atom stereocenters. The van der Waals surface area contributed by atoms with Crippen molar-refractivity contribution >= 4 is 5.97 Å². The SMILES string of the molecule is C=CC(=O)Oc1cc(C#N)ccc1C. The van der Waals surface area contributed by atoms with Crippen molar-refractivity contribution in [1.82, 2.24) is 0 Å². The third-order valence-electron chi connectivity index (χ3n) is 1.69. The predicted octanol–water partition coefficient (Wildman–Crippen LogP) is 1.96. The van der Waals surface area contributed by atoms with Crippen LogP contribution in [0.25, 0.3) is 0 Å². The lowest BCUT2D eigenvalue weighted by Crippen LogP contribution is -2.04. The molecule has 14 heavy (non-hydrogen) atoms. The van der Waals surface area contributed by atoms with E-state index in [0.717, 1.165) is 11.6 Å². The van der Waals surface area contributed by atoms with Gasteiger partial charge in [0, 0.05) is 6.08 Å². The number of hydrogen-bond acceptors (Lipinski definition) is 3. The van der Waals surface area contributed by atoms with E-state index in [4.69, 9.17) is 10.00 Å². The van der Waals surface area contributed by atoms with Crippen LogP contribution in [0.2, 0.25) is 0 Å². The van der Waals surface area contributed by atoms with Crippen molar-refractivity contribution in [2.24, 2.45) is 0 Å². The van der Waals surface area contributed by atoms with Crippen molar-refractivity contribution in [2.45, 2.75) is 6.92 Å². The van der Waals surface area contributed by atoms with Crippen LogP contribution in [0.5, 0.6) is 5.75 Å². The molecule has 0 aliphatic heterocycles. The summed E-state index contributed by atoms with van der Waals surface area (Å²) in [6, 6.07) is 6.89. The topological polar surface area (TPSA) is 50.1 Å². The molecule has 0 fully saturated rings. The van der Waals surface area contributed by atoms with Gasteiger partial charge in [-0.05, 0) is 24.6 Å². The maximum Gasteiger partial charge on any atom is 0.335 e. The normalized spacial score (nSPS) is 8.86. The van der Waals surface area contributed by atoms with Crippen molar-refractivity contribution in [3.63, 3.8) is 0 Å². The molecule has 3 nitrogen and oxygen atoms in total. The van der Waals surface area contributed by atoms with Crippen LogP contribution in [0, 0.1) is 18.3 Å². The van der Waals surface area contributed by atoms with Crippen LogP contribution in [-0.2, 0) is 4.79 Å². The minimum atomic E-state index is -0.525. The Morgan fingerprint density at radius 2 is 2.36 bits per heavy atom. The van der Waals surface area contributed by atoms with Gasteiger partial charge in [0.25, 0.3) is 0 Å². The van der Waals surface area contributed by atoms with Crippen LogP contribution in [0.3, 0.4) is 0 Å². The minimum Gasteiger partial charge on any atom is -0.423 e. The molecule has 1 aromatic carbocycles. The van der Waals surface area contributed by atoms with Crippen LogP contribution < -0.4 is 4.74 Å². The first-order chi connectivity index (χ1) is 6.67. The fourth-order valence-corrected chi connectivity index (χ4v) is 0.930. The zero-order valence-corrected chi connectivity index (χ0v) is 7.78. The Morgan fingerprint density at radius 3 is 2.93 bits per heavy atom. The first kappa shape index (κ1) is 10.0. The summed E-state index contributed by atoms with van der Waals surface area (Å²) >= 11 is 0. The number of nitrogens with zero attached hydrogens (tertiary/aromatic N) is 1. The molecular weight excluding hydrogens is 178 g/mol. The van der Waals surface area contributed by atoms with Crippen LogP contribution in [0.4, 0.5) is 0 Å². The van der Waals surface area contributed by atoms with Crippen LogP contribution >= 0.6 is 0 Å². The lowest BCUT2D eigenvalue weighted by molar-refractivity contribution is -0.129. The van der Waals surface area contributed by atoms with Crippen molar-refractivity contribution in [2.75, 3.05) is 0 Å². The largest absolute Gasteiger partial charge is 0.423 e. The van der Waals surface area contributed by atoms with E-state index < -0.39 is 5.97 Å². The number of carbonyl (C=O) groups is 1. The van der Waals surface area contributed by atoms with Gasteiger partial charge in [-0.15, -0.1) is 0 Å². The molecule has 0 bridgehead atoms. The van der Waals surface area contributed by atoms with E-state index in [-0.39, 0.29) is 0 Å². The lowest BCUT2D eigenvalue weighted by atomic mass is 10.1. The molecular formula is C11H9NO2. The van der Waals surface area contributed by atoms with Crippen LogP contribution in [0.15, 0.2) is 30.9 Å². The van der Waals surface area contributed by atoms with E-state index >= 15 is 0 Å². The second-order valence-electron chi connectivity index (χ2n) is 2.72. The number of rotatable bonds is 2. The molecule has 0 saturated carbocycles. The summed E-state index contributed by atoms with van der Waals surface area (Å²) < 4.78 is 4.93. The van der Waals surface area contributed by atoms with Gasteiger partial charge in [0.15, 0.2) is 0 Å². The highest BCUT2D eigenvalue weighted by atomic mass is 16.5. The number of aryl methyl sites for hydroxylation is 1. The Hall–Kier alpha value is -2.08. The zero-order valence-electron chi connectivity index (χ0n) is 7.78. The second kappa shape index (κ2) is 4.24. The molecule has 0 unspecified atom stereocenters. The zero-order chi connectivity index (χ0) is 10.6. The molecule has 70 valence electrons. The van der Waals surface area contributed by atoms with E-state index in [2.05, 4.69) is 6.58 Å². The Balaban J connectivity index is 3.02. The van der Waals surface area contributed by atoms with Crippen LogP contribution in [-0.4, -0.2) is 5.97 Å². The predicted molar refractivity (Wildman–Crippen MR) is 51.7 cm³/mol. The van der Waals surface area contributed by atoms with E-state index in [0.29, 0.717) is 11.3 Å². The Bertz CT molecular complexity index is 416. The van der Waals surface area contributed by atoms with Crippen molar-refractivity contribution in [1.29, 1.82) is 5.26 Å². The van der Waals surface area contributed by atoms with Gasteiger partial charge in [-0.25, -0.2) is 4.79 Å². The standard InChI is InChI=1S/C11H9NO2/c1-3-11(13)14-10-6-9(7-12)5-4-8(10)2/h3-6H,1H2,2H3. The Kier molecular flexibility index (Phi) is 3.03. The van der Waals surface area contributed by atoms with Gasteiger partial charge in [-0.1, -0.05) is 12.6 Å². The number of ether oxygens (including phenoxy) is 1. The molecule has 1 aromatic rings. The molecule has 3 heteroatoms. The molecule has 1 rings (SSSR count). The van der Waals surface area contributed by atoms with E-state index in [1.54, 1.807) is 19.1 Å². The van der Waals surface area contributed by atoms with E-state index in [1.807, 2.05) is 6.07 Å². The lowest BCUT2D eigenvalue weighted by Gasteiger charge is -2.04. The van der Waals surface area contributed by atoms with E-state index in [9.17, 15) is 4.79 Å². The first-order valence-corrected chi connectivity index (χ1v) is 4.02. The average Bonchev–Trinajstić information content (AvgIpc) is 2.21. The number of benzene rings is 1. The van der Waals surface area contributed by atoms with Crippen molar-refractivity contribution < 1.29 is 9.53 Å². The van der Waals surface area contributed by atoms with Gasteiger partial charge >= 0.3 is 5.97 Å². The summed E-state index contributed by atoms with van der Waals surface area (Å²) in [4.78, 5) is 10.9. The maximum absolute atomic E-state index is 10.9. The molecule has 0 saturated heterocycles. The molecule has 0 heterocycles. The highest BCUT2D eigenvalue weighted by Gasteiger charge is 2.04. The van der Waals surface area contributed by atoms with Gasteiger partial charge < -0.3 is 4.74 Å². The second-order valence-corrected chi connectivity index (χ2v) is 2.72. The molecule has 0 spiro atoms. The third kappa shape index (κ3) is 2.20.